The van der Waals surface area contributed by atoms with Crippen LogP contribution >= 0.6 is 0 Å². The third-order valence-electron chi connectivity index (χ3n) is 3.18. The summed E-state index contributed by atoms with van der Waals surface area (Å²) in [4.78, 5) is 4.03. The molecule has 0 bridgehead atoms. The van der Waals surface area contributed by atoms with Crippen LogP contribution in [0, 0.1) is 18.6 Å². The van der Waals surface area contributed by atoms with Gasteiger partial charge in [-0.05, 0) is 30.7 Å². The summed E-state index contributed by atoms with van der Waals surface area (Å²) in [5, 5.41) is 2.83. The molecule has 0 spiro atoms. The highest BCUT2D eigenvalue weighted by Gasteiger charge is 2.14. The van der Waals surface area contributed by atoms with E-state index >= 15 is 0 Å². The van der Waals surface area contributed by atoms with Crippen LogP contribution in [0.2, 0.25) is 0 Å². The molecule has 0 aromatic heterocycles. The fourth-order valence-corrected chi connectivity index (χ4v) is 2.02. The predicted molar refractivity (Wildman–Crippen MR) is 84.6 cm³/mol. The van der Waals surface area contributed by atoms with Crippen LogP contribution in [-0.4, -0.2) is 20.0 Å². The molecule has 0 unspecified atom stereocenters. The summed E-state index contributed by atoms with van der Waals surface area (Å²) in [6.07, 6.45) is 0. The van der Waals surface area contributed by atoms with Crippen molar-refractivity contribution in [2.45, 2.75) is 6.92 Å². The zero-order chi connectivity index (χ0) is 16.3. The van der Waals surface area contributed by atoms with E-state index in [4.69, 9.17) is 10.5 Å². The van der Waals surface area contributed by atoms with Crippen molar-refractivity contribution in [3.05, 3.63) is 53.1 Å². The largest absolute Gasteiger partial charge is 0.494 e. The van der Waals surface area contributed by atoms with Crippen molar-refractivity contribution >= 4 is 17.2 Å². The topological polar surface area (TPSA) is 59.6 Å². The van der Waals surface area contributed by atoms with Crippen LogP contribution in [0.1, 0.15) is 11.1 Å². The Labute approximate surface area is 127 Å². The summed E-state index contributed by atoms with van der Waals surface area (Å²) in [5.41, 5.74) is 7.54. The number of hydrogen-bond donors (Lipinski definition) is 2. The van der Waals surface area contributed by atoms with Gasteiger partial charge in [0, 0.05) is 24.4 Å². The molecule has 0 heterocycles. The van der Waals surface area contributed by atoms with E-state index in [-0.39, 0.29) is 23.0 Å². The number of amidine groups is 1. The van der Waals surface area contributed by atoms with Gasteiger partial charge in [0.25, 0.3) is 0 Å². The van der Waals surface area contributed by atoms with Gasteiger partial charge in [0.2, 0.25) is 0 Å². The molecule has 0 aliphatic carbocycles. The van der Waals surface area contributed by atoms with Crippen molar-refractivity contribution < 1.29 is 13.5 Å². The predicted octanol–water partition coefficient (Wildman–Crippen LogP) is 3.35. The molecular formula is C16H17F2N3O. The summed E-state index contributed by atoms with van der Waals surface area (Å²) < 4.78 is 32.6. The Hall–Kier alpha value is -2.63. The maximum atomic E-state index is 13.9. The molecule has 2 rings (SSSR count). The Kier molecular flexibility index (Phi) is 4.60. The lowest BCUT2D eigenvalue weighted by Gasteiger charge is -2.14. The first-order chi connectivity index (χ1) is 10.5. The lowest BCUT2D eigenvalue weighted by atomic mass is 10.1. The van der Waals surface area contributed by atoms with Gasteiger partial charge in [-0.15, -0.1) is 0 Å². The van der Waals surface area contributed by atoms with E-state index in [0.29, 0.717) is 5.56 Å². The fraction of sp³-hybridized carbons (Fsp3) is 0.188. The summed E-state index contributed by atoms with van der Waals surface area (Å²) in [5.74, 6) is -0.687. The second kappa shape index (κ2) is 6.43. The number of methoxy groups -OCH3 is 1. The molecule has 0 saturated carbocycles. The second-order valence-corrected chi connectivity index (χ2v) is 4.75. The van der Waals surface area contributed by atoms with Crippen molar-refractivity contribution in [1.29, 1.82) is 0 Å². The van der Waals surface area contributed by atoms with E-state index in [0.717, 1.165) is 5.56 Å². The lowest BCUT2D eigenvalue weighted by Crippen LogP contribution is -2.17. The quantitative estimate of drug-likeness (QED) is 0.519. The van der Waals surface area contributed by atoms with Gasteiger partial charge in [0.15, 0.2) is 11.6 Å². The smallest absolute Gasteiger partial charge is 0.165 e. The van der Waals surface area contributed by atoms with Gasteiger partial charge in [0.1, 0.15) is 11.7 Å². The lowest BCUT2D eigenvalue weighted by molar-refractivity contribution is 0.387. The standard InChI is InChI=1S/C16H17F2N3O/c1-9-4-5-14(11(17)6-9)21-16(20-2)10-7-12(18)15(22-3)8-13(10)19/h4-8H,19H2,1-3H3,(H,20,21). The number of anilines is 2. The molecule has 22 heavy (non-hydrogen) atoms. The Morgan fingerprint density at radius 3 is 2.50 bits per heavy atom. The summed E-state index contributed by atoms with van der Waals surface area (Å²) in [6, 6.07) is 7.31. The van der Waals surface area contributed by atoms with Crippen molar-refractivity contribution in [3.63, 3.8) is 0 Å². The maximum Gasteiger partial charge on any atom is 0.165 e. The number of nitrogen functional groups attached to an aromatic ring is 1. The van der Waals surface area contributed by atoms with Crippen molar-refractivity contribution in [3.8, 4) is 5.75 Å². The van der Waals surface area contributed by atoms with E-state index in [1.165, 1.54) is 32.4 Å². The fourth-order valence-electron chi connectivity index (χ4n) is 2.02. The van der Waals surface area contributed by atoms with Gasteiger partial charge in [-0.3, -0.25) is 4.99 Å². The van der Waals surface area contributed by atoms with E-state index in [2.05, 4.69) is 10.3 Å². The van der Waals surface area contributed by atoms with Gasteiger partial charge in [0.05, 0.1) is 12.8 Å². The molecule has 0 aliphatic rings. The molecule has 2 aromatic carbocycles. The molecular weight excluding hydrogens is 288 g/mol. The first kappa shape index (κ1) is 15.8. The molecule has 0 amide bonds. The van der Waals surface area contributed by atoms with E-state index < -0.39 is 11.6 Å². The summed E-state index contributed by atoms with van der Waals surface area (Å²) in [7, 11) is 2.86. The van der Waals surface area contributed by atoms with Crippen molar-refractivity contribution in [2.75, 3.05) is 25.2 Å². The zero-order valence-corrected chi connectivity index (χ0v) is 12.6. The number of aryl methyl sites for hydroxylation is 1. The zero-order valence-electron chi connectivity index (χ0n) is 12.6. The van der Waals surface area contributed by atoms with Gasteiger partial charge in [-0.1, -0.05) is 6.07 Å². The van der Waals surface area contributed by atoms with Crippen LogP contribution in [0.4, 0.5) is 20.2 Å². The Balaban J connectivity index is 2.39. The number of hydrogen-bond acceptors (Lipinski definition) is 3. The first-order valence-corrected chi connectivity index (χ1v) is 6.59. The first-order valence-electron chi connectivity index (χ1n) is 6.59. The van der Waals surface area contributed by atoms with Crippen LogP contribution < -0.4 is 15.8 Å². The summed E-state index contributed by atoms with van der Waals surface area (Å²) in [6.45, 7) is 1.79. The second-order valence-electron chi connectivity index (χ2n) is 4.75. The number of aliphatic imine (C=N–C) groups is 1. The maximum absolute atomic E-state index is 13.9. The molecule has 0 saturated heterocycles. The molecule has 2 aromatic rings. The minimum Gasteiger partial charge on any atom is -0.494 e. The van der Waals surface area contributed by atoms with E-state index in [1.54, 1.807) is 19.1 Å². The number of benzene rings is 2. The van der Waals surface area contributed by atoms with Crippen LogP contribution in [0.5, 0.6) is 5.75 Å². The van der Waals surface area contributed by atoms with Crippen LogP contribution in [0.25, 0.3) is 0 Å². The Morgan fingerprint density at radius 1 is 1.18 bits per heavy atom. The number of ether oxygens (including phenoxy) is 1. The molecule has 4 nitrogen and oxygen atoms in total. The van der Waals surface area contributed by atoms with E-state index in [9.17, 15) is 8.78 Å². The van der Waals surface area contributed by atoms with Crippen molar-refractivity contribution in [1.82, 2.24) is 0 Å². The normalized spacial score (nSPS) is 11.4. The molecule has 0 fully saturated rings. The van der Waals surface area contributed by atoms with E-state index in [1.807, 2.05) is 0 Å². The Morgan fingerprint density at radius 2 is 1.91 bits per heavy atom. The van der Waals surface area contributed by atoms with Crippen LogP contribution in [0.15, 0.2) is 35.3 Å². The summed E-state index contributed by atoms with van der Waals surface area (Å²) >= 11 is 0. The molecule has 0 radical (unpaired) electrons. The molecule has 3 N–H and O–H groups in total. The molecule has 6 heteroatoms. The van der Waals surface area contributed by atoms with Crippen LogP contribution in [0.3, 0.4) is 0 Å². The highest BCUT2D eigenvalue weighted by atomic mass is 19.1. The molecule has 0 atom stereocenters. The average Bonchev–Trinajstić information content (AvgIpc) is 2.49. The highest BCUT2D eigenvalue weighted by molar-refractivity contribution is 6.11. The van der Waals surface area contributed by atoms with Crippen molar-refractivity contribution in [2.24, 2.45) is 4.99 Å². The molecule has 116 valence electrons. The monoisotopic (exact) mass is 305 g/mol. The third kappa shape index (κ3) is 3.16. The minimum atomic E-state index is -0.570. The minimum absolute atomic E-state index is 0.0400. The van der Waals surface area contributed by atoms with Gasteiger partial charge < -0.3 is 15.8 Å². The molecule has 0 aliphatic heterocycles. The van der Waals surface area contributed by atoms with Crippen LogP contribution in [-0.2, 0) is 0 Å². The Bertz CT molecular complexity index is 730. The number of nitrogens with two attached hydrogens (primary N) is 1. The number of nitrogens with zero attached hydrogens (tertiary/aromatic N) is 1. The highest BCUT2D eigenvalue weighted by Crippen LogP contribution is 2.25. The van der Waals surface area contributed by atoms with Gasteiger partial charge in [-0.25, -0.2) is 8.78 Å². The number of rotatable bonds is 3. The van der Waals surface area contributed by atoms with Gasteiger partial charge >= 0.3 is 0 Å². The SMILES string of the molecule is CN=C(Nc1ccc(C)cc1F)c1cc(F)c(OC)cc1N. The third-order valence-corrected chi connectivity index (χ3v) is 3.18. The average molecular weight is 305 g/mol. The number of nitrogens with one attached hydrogen (secondary N) is 1. The van der Waals surface area contributed by atoms with Gasteiger partial charge in [-0.2, -0.15) is 0 Å². The number of halogens is 2.